The molecule has 30 heavy (non-hydrogen) atoms. The zero-order chi connectivity index (χ0) is 20.6. The zero-order valence-electron chi connectivity index (χ0n) is 17.2. The van der Waals surface area contributed by atoms with E-state index < -0.39 is 0 Å². The number of nitrogens with one attached hydrogen (secondary N) is 1. The summed E-state index contributed by atoms with van der Waals surface area (Å²) < 4.78 is 0. The maximum atomic E-state index is 12.7. The zero-order valence-corrected chi connectivity index (χ0v) is 17.2. The molecule has 0 unspecified atom stereocenters. The molecule has 154 valence electrons. The highest BCUT2D eigenvalue weighted by Crippen LogP contribution is 2.30. The molecule has 0 saturated carbocycles. The molecule has 1 aliphatic rings. The Balaban J connectivity index is 1.56. The predicted molar refractivity (Wildman–Crippen MR) is 122 cm³/mol. The summed E-state index contributed by atoms with van der Waals surface area (Å²) in [6.07, 6.45) is 5.43. The van der Waals surface area contributed by atoms with Crippen LogP contribution in [0.4, 0.5) is 17.2 Å². The van der Waals surface area contributed by atoms with Crippen molar-refractivity contribution in [3.63, 3.8) is 0 Å². The van der Waals surface area contributed by atoms with Crippen molar-refractivity contribution >= 4 is 23.1 Å². The lowest BCUT2D eigenvalue weighted by molar-refractivity contribution is 0.102. The molecule has 3 aromatic rings. The Morgan fingerprint density at radius 1 is 0.933 bits per heavy atom. The van der Waals surface area contributed by atoms with Gasteiger partial charge < -0.3 is 15.1 Å². The van der Waals surface area contributed by atoms with Crippen LogP contribution in [0.15, 0.2) is 79.0 Å². The first kappa shape index (κ1) is 20.1. The molecule has 0 spiro atoms. The number of anilines is 3. The van der Waals surface area contributed by atoms with Crippen LogP contribution in [0.5, 0.6) is 0 Å². The van der Waals surface area contributed by atoms with Crippen molar-refractivity contribution in [3.8, 4) is 0 Å². The second kappa shape index (κ2) is 10.0. The van der Waals surface area contributed by atoms with Crippen LogP contribution in [0, 0.1) is 0 Å². The number of carbonyl (C=O) groups excluding carboxylic acids is 1. The van der Waals surface area contributed by atoms with Crippen molar-refractivity contribution in [1.82, 2.24) is 9.88 Å². The molecule has 1 amide bonds. The standard InChI is InChI=1S/C25H28N4O/c30-25(21-11-3-1-4-12-21)27-23-15-9-16-26-24(23)29(22-13-5-2-6-14-22)20-10-19-28-17-7-8-18-28/h1-6,9,11-16H,7-8,10,17-20H2,(H,27,30). The van der Waals surface area contributed by atoms with Gasteiger partial charge in [-0.15, -0.1) is 0 Å². The van der Waals surface area contributed by atoms with Crippen molar-refractivity contribution < 1.29 is 4.79 Å². The van der Waals surface area contributed by atoms with E-state index in [-0.39, 0.29) is 5.91 Å². The Kier molecular flexibility index (Phi) is 6.72. The smallest absolute Gasteiger partial charge is 0.255 e. The molecule has 1 saturated heterocycles. The van der Waals surface area contributed by atoms with Crippen LogP contribution < -0.4 is 10.2 Å². The molecule has 1 fully saturated rings. The van der Waals surface area contributed by atoms with Gasteiger partial charge >= 0.3 is 0 Å². The summed E-state index contributed by atoms with van der Waals surface area (Å²) >= 11 is 0. The number of likely N-dealkylation sites (tertiary alicyclic amines) is 1. The highest BCUT2D eigenvalue weighted by molar-refractivity contribution is 6.05. The highest BCUT2D eigenvalue weighted by Gasteiger charge is 2.18. The first-order valence-electron chi connectivity index (χ1n) is 10.7. The third-order valence-corrected chi connectivity index (χ3v) is 5.45. The van der Waals surface area contributed by atoms with Crippen LogP contribution in [-0.2, 0) is 0 Å². The molecule has 0 radical (unpaired) electrons. The van der Waals surface area contributed by atoms with Crippen LogP contribution in [0.3, 0.4) is 0 Å². The summed E-state index contributed by atoms with van der Waals surface area (Å²) in [5.41, 5.74) is 2.43. The van der Waals surface area contributed by atoms with Gasteiger partial charge in [0.05, 0.1) is 5.69 Å². The summed E-state index contributed by atoms with van der Waals surface area (Å²) in [6, 6.07) is 23.3. The number of benzene rings is 2. The lowest BCUT2D eigenvalue weighted by Crippen LogP contribution is -2.27. The van der Waals surface area contributed by atoms with E-state index in [2.05, 4.69) is 32.2 Å². The maximum Gasteiger partial charge on any atom is 0.255 e. The van der Waals surface area contributed by atoms with Gasteiger partial charge in [-0.2, -0.15) is 0 Å². The minimum absolute atomic E-state index is 0.130. The lowest BCUT2D eigenvalue weighted by atomic mass is 10.2. The molecule has 1 aliphatic heterocycles. The monoisotopic (exact) mass is 400 g/mol. The molecule has 0 aliphatic carbocycles. The number of hydrogen-bond acceptors (Lipinski definition) is 4. The van der Waals surface area contributed by atoms with Gasteiger partial charge in [-0.05, 0) is 75.3 Å². The highest BCUT2D eigenvalue weighted by atomic mass is 16.1. The second-order valence-electron chi connectivity index (χ2n) is 7.58. The van der Waals surface area contributed by atoms with E-state index in [1.165, 1.54) is 25.9 Å². The Labute approximate surface area is 178 Å². The third kappa shape index (κ3) is 5.05. The van der Waals surface area contributed by atoms with Gasteiger partial charge in [-0.1, -0.05) is 36.4 Å². The molecule has 2 aromatic carbocycles. The van der Waals surface area contributed by atoms with E-state index in [1.54, 1.807) is 6.20 Å². The number of nitrogens with zero attached hydrogens (tertiary/aromatic N) is 3. The van der Waals surface area contributed by atoms with Crippen LogP contribution in [0.2, 0.25) is 0 Å². The largest absolute Gasteiger partial charge is 0.325 e. The van der Waals surface area contributed by atoms with Crippen molar-refractivity contribution in [2.45, 2.75) is 19.3 Å². The normalized spacial score (nSPS) is 13.9. The van der Waals surface area contributed by atoms with Crippen LogP contribution in [0.25, 0.3) is 0 Å². The van der Waals surface area contributed by atoms with E-state index in [1.807, 2.05) is 60.7 Å². The Bertz CT molecular complexity index is 940. The molecule has 1 N–H and O–H groups in total. The fourth-order valence-electron chi connectivity index (χ4n) is 3.92. The van der Waals surface area contributed by atoms with Gasteiger partial charge in [0.2, 0.25) is 0 Å². The summed E-state index contributed by atoms with van der Waals surface area (Å²) in [7, 11) is 0. The topological polar surface area (TPSA) is 48.5 Å². The molecule has 0 bridgehead atoms. The Hall–Kier alpha value is -3.18. The van der Waals surface area contributed by atoms with Gasteiger partial charge in [0.15, 0.2) is 5.82 Å². The van der Waals surface area contributed by atoms with Crippen LogP contribution in [-0.4, -0.2) is 42.0 Å². The van der Waals surface area contributed by atoms with Crippen molar-refractivity contribution in [2.75, 3.05) is 36.4 Å². The first-order valence-corrected chi connectivity index (χ1v) is 10.7. The van der Waals surface area contributed by atoms with E-state index in [0.717, 1.165) is 36.7 Å². The molecular weight excluding hydrogens is 372 g/mol. The number of para-hydroxylation sites is 1. The number of rotatable bonds is 8. The van der Waals surface area contributed by atoms with Crippen molar-refractivity contribution in [2.24, 2.45) is 0 Å². The number of hydrogen-bond donors (Lipinski definition) is 1. The molecule has 2 heterocycles. The fraction of sp³-hybridized carbons (Fsp3) is 0.280. The van der Waals surface area contributed by atoms with Crippen molar-refractivity contribution in [1.29, 1.82) is 0 Å². The third-order valence-electron chi connectivity index (χ3n) is 5.45. The molecule has 4 rings (SSSR count). The quantitative estimate of drug-likeness (QED) is 0.581. The molecular formula is C25H28N4O. The summed E-state index contributed by atoms with van der Waals surface area (Å²) in [5, 5.41) is 3.06. The van der Waals surface area contributed by atoms with Gasteiger partial charge in [0.25, 0.3) is 5.91 Å². The van der Waals surface area contributed by atoms with Crippen LogP contribution in [0.1, 0.15) is 29.6 Å². The number of aromatic nitrogens is 1. The number of carbonyl (C=O) groups is 1. The van der Waals surface area contributed by atoms with Gasteiger partial charge in [0.1, 0.15) is 0 Å². The van der Waals surface area contributed by atoms with E-state index >= 15 is 0 Å². The van der Waals surface area contributed by atoms with E-state index in [0.29, 0.717) is 5.56 Å². The average molecular weight is 401 g/mol. The minimum atomic E-state index is -0.130. The Morgan fingerprint density at radius 2 is 1.63 bits per heavy atom. The SMILES string of the molecule is O=C(Nc1cccnc1N(CCCN1CCCC1)c1ccccc1)c1ccccc1. The predicted octanol–water partition coefficient (Wildman–Crippen LogP) is 4.96. The van der Waals surface area contributed by atoms with Gasteiger partial charge in [0, 0.05) is 24.0 Å². The first-order chi connectivity index (χ1) is 14.8. The summed E-state index contributed by atoms with van der Waals surface area (Å²) in [6.45, 7) is 4.33. The minimum Gasteiger partial charge on any atom is -0.325 e. The van der Waals surface area contributed by atoms with Gasteiger partial charge in [-0.3, -0.25) is 4.79 Å². The van der Waals surface area contributed by atoms with Gasteiger partial charge in [-0.25, -0.2) is 4.98 Å². The number of amides is 1. The molecule has 5 heteroatoms. The second-order valence-corrected chi connectivity index (χ2v) is 7.58. The average Bonchev–Trinajstić information content (AvgIpc) is 3.32. The number of pyridine rings is 1. The Morgan fingerprint density at radius 3 is 2.37 bits per heavy atom. The summed E-state index contributed by atoms with van der Waals surface area (Å²) in [4.78, 5) is 22.1. The van der Waals surface area contributed by atoms with E-state index in [4.69, 9.17) is 0 Å². The fourth-order valence-corrected chi connectivity index (χ4v) is 3.92. The molecule has 1 aromatic heterocycles. The van der Waals surface area contributed by atoms with Crippen molar-refractivity contribution in [3.05, 3.63) is 84.6 Å². The molecule has 5 nitrogen and oxygen atoms in total. The summed E-state index contributed by atoms with van der Waals surface area (Å²) in [5.74, 6) is 0.643. The molecule has 0 atom stereocenters. The lowest BCUT2D eigenvalue weighted by Gasteiger charge is -2.27. The van der Waals surface area contributed by atoms with E-state index in [9.17, 15) is 4.79 Å². The van der Waals surface area contributed by atoms with Crippen LogP contribution >= 0.6 is 0 Å². The maximum absolute atomic E-state index is 12.7.